The number of carbonyl (C=O) groups excluding carboxylic acids is 2. The first-order valence-corrected chi connectivity index (χ1v) is 12.2. The molecule has 2 amide bonds. The number of halogens is 2. The molecule has 3 heterocycles. The largest absolute Gasteiger partial charge is 0.505 e. The van der Waals surface area contributed by atoms with E-state index in [0.29, 0.717) is 27.1 Å². The van der Waals surface area contributed by atoms with Crippen molar-refractivity contribution in [3.05, 3.63) is 65.1 Å². The summed E-state index contributed by atoms with van der Waals surface area (Å²) in [5.41, 5.74) is 0.574. The lowest BCUT2D eigenvalue weighted by Crippen LogP contribution is -2.44. The fourth-order valence-electron chi connectivity index (χ4n) is 4.29. The van der Waals surface area contributed by atoms with E-state index in [9.17, 15) is 19.1 Å². The molecule has 0 radical (unpaired) electrons. The van der Waals surface area contributed by atoms with Crippen LogP contribution in [0.4, 0.5) is 9.18 Å². The maximum atomic E-state index is 14.6. The molecule has 3 aromatic rings. The van der Waals surface area contributed by atoms with Gasteiger partial charge in [-0.15, -0.1) is 0 Å². The highest BCUT2D eigenvalue weighted by Gasteiger charge is 2.36. The van der Waals surface area contributed by atoms with Crippen LogP contribution in [0.1, 0.15) is 37.9 Å². The molecule has 37 heavy (non-hydrogen) atoms. The zero-order valence-electron chi connectivity index (χ0n) is 20.7. The van der Waals surface area contributed by atoms with Crippen LogP contribution in [0.2, 0.25) is 5.02 Å². The van der Waals surface area contributed by atoms with Crippen LogP contribution >= 0.6 is 11.6 Å². The molecule has 0 aliphatic carbocycles. The van der Waals surface area contributed by atoms with E-state index in [2.05, 4.69) is 20.6 Å². The molecule has 1 saturated heterocycles. The number of aromatic nitrogens is 2. The molecular formula is C26H29ClFN5O4. The van der Waals surface area contributed by atoms with E-state index in [4.69, 9.17) is 16.3 Å². The van der Waals surface area contributed by atoms with Gasteiger partial charge in [-0.1, -0.05) is 17.7 Å². The van der Waals surface area contributed by atoms with Gasteiger partial charge in [0, 0.05) is 42.6 Å². The molecule has 0 saturated carbocycles. The lowest BCUT2D eigenvalue weighted by molar-refractivity contribution is -0.122. The number of ether oxygens (including phenoxy) is 1. The maximum Gasteiger partial charge on any atom is 0.408 e. The molecule has 3 atom stereocenters. The SMILES string of the molecule is CC(C)(C)OC(=O)N[C@@H]1CN(CC(=O)NC(c2cccnc2)c2cc(Cl)c3cccnc3c2O)C[C@@H]1F. The van der Waals surface area contributed by atoms with Crippen LogP contribution in [0.3, 0.4) is 0 Å². The van der Waals surface area contributed by atoms with Crippen molar-refractivity contribution in [3.8, 4) is 5.75 Å². The Balaban J connectivity index is 1.50. The normalized spacial score (nSPS) is 18.9. The van der Waals surface area contributed by atoms with E-state index in [1.807, 2.05) is 0 Å². The average molecular weight is 530 g/mol. The van der Waals surface area contributed by atoms with E-state index < -0.39 is 35.9 Å². The van der Waals surface area contributed by atoms with E-state index in [1.165, 1.54) is 0 Å². The predicted octanol–water partition coefficient (Wildman–Crippen LogP) is 3.74. The number of alkyl carbamates (subject to hydrolysis) is 1. The number of benzene rings is 1. The molecule has 1 aliphatic heterocycles. The third kappa shape index (κ3) is 6.44. The Morgan fingerprint density at radius 3 is 2.73 bits per heavy atom. The zero-order valence-corrected chi connectivity index (χ0v) is 21.5. The zero-order chi connectivity index (χ0) is 26.7. The number of phenols is 1. The predicted molar refractivity (Wildman–Crippen MR) is 137 cm³/mol. The fourth-order valence-corrected chi connectivity index (χ4v) is 4.56. The Kier molecular flexibility index (Phi) is 7.79. The van der Waals surface area contributed by atoms with Crippen molar-refractivity contribution in [2.45, 2.75) is 44.6 Å². The molecule has 11 heteroatoms. The van der Waals surface area contributed by atoms with Crippen LogP contribution in [-0.2, 0) is 9.53 Å². The number of rotatable bonds is 6. The van der Waals surface area contributed by atoms with Crippen LogP contribution in [0, 0.1) is 0 Å². The highest BCUT2D eigenvalue weighted by molar-refractivity contribution is 6.35. The minimum atomic E-state index is -1.36. The van der Waals surface area contributed by atoms with Gasteiger partial charge in [-0.25, -0.2) is 9.18 Å². The lowest BCUT2D eigenvalue weighted by Gasteiger charge is -2.23. The Labute approximate surface area is 219 Å². The van der Waals surface area contributed by atoms with Crippen molar-refractivity contribution in [2.24, 2.45) is 0 Å². The van der Waals surface area contributed by atoms with E-state index in [0.717, 1.165) is 0 Å². The number of alkyl halides is 1. The summed E-state index contributed by atoms with van der Waals surface area (Å²) in [5, 5.41) is 17.4. The number of hydrogen-bond acceptors (Lipinski definition) is 7. The summed E-state index contributed by atoms with van der Waals surface area (Å²) in [4.78, 5) is 35.1. The minimum Gasteiger partial charge on any atom is -0.505 e. The van der Waals surface area contributed by atoms with E-state index >= 15 is 0 Å². The van der Waals surface area contributed by atoms with E-state index in [1.54, 1.807) is 74.6 Å². The van der Waals surface area contributed by atoms with Gasteiger partial charge in [0.1, 0.15) is 23.0 Å². The van der Waals surface area contributed by atoms with Crippen molar-refractivity contribution in [3.63, 3.8) is 0 Å². The van der Waals surface area contributed by atoms with Crippen molar-refractivity contribution >= 4 is 34.5 Å². The number of fused-ring (bicyclic) bond motifs is 1. The Hall–Kier alpha value is -3.50. The van der Waals surface area contributed by atoms with Gasteiger partial charge >= 0.3 is 6.09 Å². The average Bonchev–Trinajstić information content (AvgIpc) is 3.17. The Morgan fingerprint density at radius 1 is 1.27 bits per heavy atom. The summed E-state index contributed by atoms with van der Waals surface area (Å²) in [5.74, 6) is -0.517. The van der Waals surface area contributed by atoms with Gasteiger partial charge in [-0.3, -0.25) is 19.7 Å². The number of nitrogens with zero attached hydrogens (tertiary/aromatic N) is 3. The molecule has 3 N–H and O–H groups in total. The van der Waals surface area contributed by atoms with Crippen molar-refractivity contribution in [1.82, 2.24) is 25.5 Å². The van der Waals surface area contributed by atoms with E-state index in [-0.39, 0.29) is 25.4 Å². The van der Waals surface area contributed by atoms with Gasteiger partial charge in [-0.2, -0.15) is 0 Å². The second-order valence-corrected chi connectivity index (χ2v) is 10.4. The van der Waals surface area contributed by atoms with Gasteiger partial charge in [0.2, 0.25) is 5.91 Å². The third-order valence-electron chi connectivity index (χ3n) is 5.87. The second-order valence-electron chi connectivity index (χ2n) is 9.95. The molecule has 1 aromatic carbocycles. The number of phenolic OH excluding ortho intramolecular Hbond substituents is 1. The first kappa shape index (κ1) is 26.6. The molecule has 1 aliphatic rings. The highest BCUT2D eigenvalue weighted by atomic mass is 35.5. The van der Waals surface area contributed by atoms with Crippen molar-refractivity contribution < 1.29 is 23.8 Å². The molecule has 9 nitrogen and oxygen atoms in total. The van der Waals surface area contributed by atoms with Crippen molar-refractivity contribution in [1.29, 1.82) is 0 Å². The summed E-state index contributed by atoms with van der Waals surface area (Å²) in [7, 11) is 0. The summed E-state index contributed by atoms with van der Waals surface area (Å²) in [6.07, 6.45) is 2.65. The molecule has 4 rings (SSSR count). The number of amides is 2. The topological polar surface area (TPSA) is 117 Å². The van der Waals surface area contributed by atoms with Gasteiger partial charge in [0.15, 0.2) is 0 Å². The first-order chi connectivity index (χ1) is 17.5. The smallest absolute Gasteiger partial charge is 0.408 e. The summed E-state index contributed by atoms with van der Waals surface area (Å²) in [6, 6.07) is 6.94. The quantitative estimate of drug-likeness (QED) is 0.445. The third-order valence-corrected chi connectivity index (χ3v) is 6.19. The van der Waals surface area contributed by atoms with Gasteiger partial charge in [0.05, 0.1) is 23.7 Å². The number of aromatic hydroxyl groups is 1. The summed E-state index contributed by atoms with van der Waals surface area (Å²) in [6.45, 7) is 5.16. The maximum absolute atomic E-state index is 14.6. The highest BCUT2D eigenvalue weighted by Crippen LogP contribution is 2.38. The van der Waals surface area contributed by atoms with Gasteiger partial charge in [0.25, 0.3) is 0 Å². The molecule has 1 unspecified atom stereocenters. The molecule has 196 valence electrons. The molecule has 1 fully saturated rings. The van der Waals surface area contributed by atoms with Gasteiger partial charge in [-0.05, 0) is 50.6 Å². The molecule has 0 spiro atoms. The number of pyridine rings is 2. The fraction of sp³-hybridized carbons (Fsp3) is 0.385. The first-order valence-electron chi connectivity index (χ1n) is 11.8. The van der Waals surface area contributed by atoms with Crippen LogP contribution in [0.25, 0.3) is 10.9 Å². The van der Waals surface area contributed by atoms with Gasteiger partial charge < -0.3 is 20.5 Å². The summed E-state index contributed by atoms with van der Waals surface area (Å²) >= 11 is 6.48. The van der Waals surface area contributed by atoms with Crippen LogP contribution in [0.15, 0.2) is 48.9 Å². The molecular weight excluding hydrogens is 501 g/mol. The minimum absolute atomic E-state index is 0.0254. The van der Waals surface area contributed by atoms with Crippen LogP contribution in [-0.4, -0.2) is 69.4 Å². The van der Waals surface area contributed by atoms with Crippen LogP contribution in [0.5, 0.6) is 5.75 Å². The number of likely N-dealkylation sites (tertiary alicyclic amines) is 1. The number of hydrogen-bond donors (Lipinski definition) is 3. The van der Waals surface area contributed by atoms with Crippen LogP contribution < -0.4 is 10.6 Å². The second kappa shape index (κ2) is 10.9. The standard InChI is InChI=1S/C26H29ClFN5O4/c1-26(2,3)37-25(36)31-20-13-33(12-19(20)28)14-21(34)32-22(15-6-4-8-29-11-15)17-10-18(27)16-7-5-9-30-23(16)24(17)35/h4-11,19-20,22,35H,12-14H2,1-3H3,(H,31,36)(H,32,34)/t19-,20+,22?/m0/s1. The Morgan fingerprint density at radius 2 is 2.03 bits per heavy atom. The number of nitrogens with one attached hydrogen (secondary N) is 2. The Bertz CT molecular complexity index is 1290. The monoisotopic (exact) mass is 529 g/mol. The number of carbonyl (C=O) groups is 2. The molecule has 2 aromatic heterocycles. The molecule has 0 bridgehead atoms. The summed E-state index contributed by atoms with van der Waals surface area (Å²) < 4.78 is 19.8. The lowest BCUT2D eigenvalue weighted by atomic mass is 9.97. The van der Waals surface area contributed by atoms with Crippen molar-refractivity contribution in [2.75, 3.05) is 19.6 Å².